The van der Waals surface area contributed by atoms with Crippen molar-refractivity contribution in [3.05, 3.63) is 24.0 Å². The van der Waals surface area contributed by atoms with E-state index in [-0.39, 0.29) is 20.4 Å². The average Bonchev–Trinajstić information content (AvgIpc) is 1.85. The number of nitrogens with zero attached hydrogens (tertiary/aromatic N) is 2. The SMILES string of the molecule is C=C1[C-]=C(C)[N+](C)=N1.[Re]. The summed E-state index contributed by atoms with van der Waals surface area (Å²) in [6.45, 7) is 5.56. The van der Waals surface area contributed by atoms with E-state index in [0.29, 0.717) is 5.70 Å². The minimum absolute atomic E-state index is 0. The summed E-state index contributed by atoms with van der Waals surface area (Å²) < 4.78 is 1.75. The summed E-state index contributed by atoms with van der Waals surface area (Å²) in [5.41, 5.74) is 1.74. The molecule has 0 saturated heterocycles. The summed E-state index contributed by atoms with van der Waals surface area (Å²) in [6.07, 6.45) is 2.95. The van der Waals surface area contributed by atoms with Crippen LogP contribution in [0.25, 0.3) is 0 Å². The van der Waals surface area contributed by atoms with E-state index in [1.807, 2.05) is 14.0 Å². The van der Waals surface area contributed by atoms with E-state index in [1.54, 1.807) is 4.70 Å². The van der Waals surface area contributed by atoms with Crippen LogP contribution < -0.4 is 0 Å². The zero-order valence-corrected chi connectivity index (χ0v) is 8.20. The van der Waals surface area contributed by atoms with Crippen LogP contribution in [0, 0.1) is 6.08 Å². The van der Waals surface area contributed by atoms with Crippen LogP contribution in [0.5, 0.6) is 0 Å². The second-order valence-corrected chi connectivity index (χ2v) is 1.78. The number of azo groups is 2. The van der Waals surface area contributed by atoms with Gasteiger partial charge in [-0.1, -0.05) is 0 Å². The van der Waals surface area contributed by atoms with Crippen LogP contribution in [0.1, 0.15) is 6.92 Å². The predicted molar refractivity (Wildman–Crippen MR) is 30.2 cm³/mol. The van der Waals surface area contributed by atoms with Crippen molar-refractivity contribution in [3.8, 4) is 0 Å². The Hall–Kier alpha value is -0.258. The Morgan fingerprint density at radius 2 is 2.22 bits per heavy atom. The molecule has 0 saturated carbocycles. The van der Waals surface area contributed by atoms with Crippen LogP contribution in [0.15, 0.2) is 23.1 Å². The Balaban J connectivity index is 0.000000640. The number of hydrogen-bond acceptors (Lipinski definition) is 1. The van der Waals surface area contributed by atoms with E-state index in [4.69, 9.17) is 0 Å². The van der Waals surface area contributed by atoms with Gasteiger partial charge in [0, 0.05) is 27.3 Å². The van der Waals surface area contributed by atoms with Gasteiger partial charge in [0.05, 0.1) is 0 Å². The molecule has 0 aromatic carbocycles. The standard InChI is InChI=1S/C6H8N2.Re/c1-5-4-6(2)8(3)7-5;/h1H2,2-3H3;. The largest absolute Gasteiger partial charge is 0.215 e. The monoisotopic (exact) mass is 295 g/mol. The maximum absolute atomic E-state index is 3.96. The van der Waals surface area contributed by atoms with Crippen molar-refractivity contribution in [1.82, 2.24) is 0 Å². The Bertz CT molecular complexity index is 171. The van der Waals surface area contributed by atoms with E-state index >= 15 is 0 Å². The zero-order valence-electron chi connectivity index (χ0n) is 5.48. The van der Waals surface area contributed by atoms with E-state index in [0.717, 1.165) is 5.70 Å². The van der Waals surface area contributed by atoms with Crippen molar-refractivity contribution in [2.45, 2.75) is 6.92 Å². The molecule has 49 valence electrons. The van der Waals surface area contributed by atoms with Crippen LogP contribution in [0.3, 0.4) is 0 Å². The van der Waals surface area contributed by atoms with E-state index < -0.39 is 0 Å². The quantitative estimate of drug-likeness (QED) is 0.473. The summed E-state index contributed by atoms with van der Waals surface area (Å²) in [6, 6.07) is 0. The molecule has 0 aromatic rings. The minimum Gasteiger partial charge on any atom is -0.215 e. The molecule has 0 spiro atoms. The molecular weight excluding hydrogens is 286 g/mol. The third-order valence-corrected chi connectivity index (χ3v) is 1.08. The molecule has 3 heteroatoms. The van der Waals surface area contributed by atoms with Crippen LogP contribution in [0.4, 0.5) is 0 Å². The molecule has 1 rings (SSSR count). The van der Waals surface area contributed by atoms with Crippen molar-refractivity contribution >= 4 is 0 Å². The molecular formula is C6H8N2Re. The molecule has 1 aliphatic heterocycles. The van der Waals surface area contributed by atoms with E-state index in [1.165, 1.54) is 0 Å². The molecule has 0 unspecified atom stereocenters. The van der Waals surface area contributed by atoms with Gasteiger partial charge < -0.3 is 0 Å². The van der Waals surface area contributed by atoms with E-state index in [2.05, 4.69) is 17.8 Å². The maximum atomic E-state index is 3.96. The zero-order chi connectivity index (χ0) is 6.15. The van der Waals surface area contributed by atoms with Gasteiger partial charge in [0.25, 0.3) is 0 Å². The first-order chi connectivity index (χ1) is 3.70. The normalized spacial score (nSPS) is 16.4. The van der Waals surface area contributed by atoms with Crippen LogP contribution in [0.2, 0.25) is 0 Å². The molecule has 1 heterocycles. The first kappa shape index (κ1) is 8.74. The summed E-state index contributed by atoms with van der Waals surface area (Å²) >= 11 is 0. The fourth-order valence-electron chi connectivity index (χ4n) is 0.571. The number of hydrogen-bond donors (Lipinski definition) is 0. The van der Waals surface area contributed by atoms with Gasteiger partial charge in [-0.2, -0.15) is 0 Å². The Morgan fingerprint density at radius 1 is 1.67 bits per heavy atom. The van der Waals surface area contributed by atoms with Gasteiger partial charge in [-0.05, 0) is 10.8 Å². The Morgan fingerprint density at radius 3 is 2.33 bits per heavy atom. The molecule has 0 aromatic heterocycles. The molecule has 9 heavy (non-hydrogen) atoms. The van der Waals surface area contributed by atoms with Gasteiger partial charge in [0.15, 0.2) is 7.05 Å². The first-order valence-electron chi connectivity index (χ1n) is 2.45. The van der Waals surface area contributed by atoms with Crippen molar-refractivity contribution in [2.24, 2.45) is 5.11 Å². The first-order valence-corrected chi connectivity index (χ1v) is 2.45. The van der Waals surface area contributed by atoms with Crippen molar-refractivity contribution in [1.29, 1.82) is 0 Å². The maximum Gasteiger partial charge on any atom is 0.162 e. The summed E-state index contributed by atoms with van der Waals surface area (Å²) in [4.78, 5) is 0. The molecule has 0 aliphatic carbocycles. The van der Waals surface area contributed by atoms with Crippen LogP contribution >= 0.6 is 0 Å². The second kappa shape index (κ2) is 3.05. The van der Waals surface area contributed by atoms with Crippen LogP contribution in [-0.2, 0) is 20.4 Å². The Kier molecular flexibility index (Phi) is 2.96. The number of rotatable bonds is 0. The van der Waals surface area contributed by atoms with Gasteiger partial charge in [0.1, 0.15) is 5.70 Å². The average molecular weight is 294 g/mol. The Labute approximate surface area is 68.6 Å². The van der Waals surface area contributed by atoms with Crippen molar-refractivity contribution < 1.29 is 25.1 Å². The number of allylic oxidation sites excluding steroid dienone is 2. The van der Waals surface area contributed by atoms with Gasteiger partial charge in [-0.25, -0.2) is 6.58 Å². The van der Waals surface area contributed by atoms with Crippen LogP contribution in [-0.4, -0.2) is 11.7 Å². The molecule has 0 fully saturated rings. The molecule has 2 nitrogen and oxygen atoms in total. The van der Waals surface area contributed by atoms with Gasteiger partial charge in [0.2, 0.25) is 0 Å². The molecule has 0 atom stereocenters. The van der Waals surface area contributed by atoms with Crippen molar-refractivity contribution in [2.75, 3.05) is 7.05 Å². The predicted octanol–water partition coefficient (Wildman–Crippen LogP) is 1.31. The van der Waals surface area contributed by atoms with Gasteiger partial charge in [-0.15, -0.1) is 10.8 Å². The fourth-order valence-corrected chi connectivity index (χ4v) is 0.571. The summed E-state index contributed by atoms with van der Waals surface area (Å²) in [5, 5.41) is 3.96. The second-order valence-electron chi connectivity index (χ2n) is 1.78. The minimum atomic E-state index is 0. The smallest absolute Gasteiger partial charge is 0.162 e. The van der Waals surface area contributed by atoms with Gasteiger partial charge in [-0.3, -0.25) is 0 Å². The van der Waals surface area contributed by atoms with Gasteiger partial charge >= 0.3 is 0 Å². The topological polar surface area (TPSA) is 15.4 Å². The molecule has 1 radical (unpaired) electrons. The fraction of sp³-hybridized carbons (Fsp3) is 0.333. The summed E-state index contributed by atoms with van der Waals surface area (Å²) in [5.74, 6) is 0. The molecule has 1 aliphatic rings. The van der Waals surface area contributed by atoms with Crippen molar-refractivity contribution in [3.63, 3.8) is 0 Å². The molecule has 0 N–H and O–H groups in total. The summed E-state index contributed by atoms with van der Waals surface area (Å²) in [7, 11) is 1.88. The van der Waals surface area contributed by atoms with E-state index in [9.17, 15) is 0 Å². The molecule has 0 amide bonds. The molecule has 0 bridgehead atoms. The third kappa shape index (κ3) is 1.85. The third-order valence-electron chi connectivity index (χ3n) is 1.08.